The fourth-order valence-corrected chi connectivity index (χ4v) is 2.61. The summed E-state index contributed by atoms with van der Waals surface area (Å²) >= 11 is 13.3. The highest BCUT2D eigenvalue weighted by molar-refractivity contribution is 7.16. The van der Waals surface area contributed by atoms with Crippen LogP contribution in [0.3, 0.4) is 0 Å². The predicted molar refractivity (Wildman–Crippen MR) is 70.6 cm³/mol. The van der Waals surface area contributed by atoms with Gasteiger partial charge in [-0.05, 0) is 31.2 Å². The minimum atomic E-state index is 0.205. The van der Waals surface area contributed by atoms with Crippen molar-refractivity contribution in [3.63, 3.8) is 0 Å². The lowest BCUT2D eigenvalue weighted by Gasteiger charge is -2.13. The van der Waals surface area contributed by atoms with E-state index in [9.17, 15) is 0 Å². The molecule has 0 amide bonds. The van der Waals surface area contributed by atoms with Gasteiger partial charge in [0.1, 0.15) is 5.15 Å². The summed E-state index contributed by atoms with van der Waals surface area (Å²) in [7, 11) is 0. The van der Waals surface area contributed by atoms with Gasteiger partial charge in [0.05, 0.1) is 10.4 Å². The first-order valence-electron chi connectivity index (χ1n) is 4.78. The van der Waals surface area contributed by atoms with E-state index in [0.29, 0.717) is 5.15 Å². The molecule has 2 aromatic rings. The molecule has 0 spiro atoms. The smallest absolute Gasteiger partial charge is 0.131 e. The fraction of sp³-hybridized carbons (Fsp3) is 0.182. The van der Waals surface area contributed by atoms with Gasteiger partial charge in [0.2, 0.25) is 0 Å². The molecule has 0 aliphatic rings. The van der Waals surface area contributed by atoms with Crippen LogP contribution < -0.4 is 5.32 Å². The Morgan fingerprint density at radius 3 is 2.75 bits per heavy atom. The molecule has 2 aromatic heterocycles. The molecule has 2 rings (SSSR count). The molecule has 5 heteroatoms. The molecule has 1 atom stereocenters. The number of nitrogens with one attached hydrogen (secondary N) is 1. The van der Waals surface area contributed by atoms with Gasteiger partial charge in [-0.3, -0.25) is 0 Å². The molecule has 2 heterocycles. The van der Waals surface area contributed by atoms with Gasteiger partial charge in [0.15, 0.2) is 0 Å². The van der Waals surface area contributed by atoms with Gasteiger partial charge in [-0.2, -0.15) is 0 Å². The summed E-state index contributed by atoms with van der Waals surface area (Å²) in [5.41, 5.74) is 0.956. The maximum atomic E-state index is 5.89. The summed E-state index contributed by atoms with van der Waals surface area (Å²) < 4.78 is 0.802. The van der Waals surface area contributed by atoms with Crippen molar-refractivity contribution in [1.29, 1.82) is 0 Å². The molecule has 0 bridgehead atoms. The number of rotatable bonds is 3. The van der Waals surface area contributed by atoms with Crippen molar-refractivity contribution in [2.75, 3.05) is 5.32 Å². The normalized spacial score (nSPS) is 12.4. The highest BCUT2D eigenvalue weighted by Gasteiger charge is 2.08. The van der Waals surface area contributed by atoms with Crippen LogP contribution in [0.15, 0.2) is 30.5 Å². The van der Waals surface area contributed by atoms with Crippen molar-refractivity contribution in [2.24, 2.45) is 0 Å². The number of anilines is 1. The van der Waals surface area contributed by atoms with Crippen LogP contribution in [0.2, 0.25) is 9.49 Å². The van der Waals surface area contributed by atoms with Crippen molar-refractivity contribution in [3.05, 3.63) is 44.8 Å². The molecular weight excluding hydrogens is 263 g/mol. The summed E-state index contributed by atoms with van der Waals surface area (Å²) in [6.45, 7) is 2.08. The van der Waals surface area contributed by atoms with Gasteiger partial charge in [0, 0.05) is 16.8 Å². The quantitative estimate of drug-likeness (QED) is 0.825. The van der Waals surface area contributed by atoms with Crippen molar-refractivity contribution in [1.82, 2.24) is 4.98 Å². The first-order valence-corrected chi connectivity index (χ1v) is 6.36. The monoisotopic (exact) mass is 272 g/mol. The third-order valence-electron chi connectivity index (χ3n) is 2.13. The SMILES string of the molecule is CC(Nc1ccnc(Cl)c1)c1ccc(Cl)s1. The molecule has 0 fully saturated rings. The maximum Gasteiger partial charge on any atom is 0.131 e. The molecule has 1 unspecified atom stereocenters. The predicted octanol–water partition coefficient (Wildman–Crippen LogP) is 4.62. The molecule has 2 nitrogen and oxygen atoms in total. The number of nitrogens with zero attached hydrogens (tertiary/aromatic N) is 1. The van der Waals surface area contributed by atoms with Crippen molar-refractivity contribution < 1.29 is 0 Å². The van der Waals surface area contributed by atoms with Gasteiger partial charge in [0.25, 0.3) is 0 Å². The van der Waals surface area contributed by atoms with E-state index in [4.69, 9.17) is 23.2 Å². The lowest BCUT2D eigenvalue weighted by molar-refractivity contribution is 0.907. The fourth-order valence-electron chi connectivity index (χ4n) is 1.37. The number of hydrogen-bond donors (Lipinski definition) is 1. The third-order valence-corrected chi connectivity index (χ3v) is 3.75. The average Bonchev–Trinajstić information content (AvgIpc) is 2.65. The van der Waals surface area contributed by atoms with Crippen LogP contribution in [0.25, 0.3) is 0 Å². The van der Waals surface area contributed by atoms with Crippen molar-refractivity contribution in [3.8, 4) is 0 Å². The summed E-state index contributed by atoms with van der Waals surface area (Å²) in [5, 5.41) is 3.83. The summed E-state index contributed by atoms with van der Waals surface area (Å²) in [5.74, 6) is 0. The van der Waals surface area contributed by atoms with Crippen LogP contribution in [-0.4, -0.2) is 4.98 Å². The number of hydrogen-bond acceptors (Lipinski definition) is 3. The van der Waals surface area contributed by atoms with Crippen LogP contribution in [0.4, 0.5) is 5.69 Å². The van der Waals surface area contributed by atoms with Crippen molar-refractivity contribution >= 4 is 40.2 Å². The third kappa shape index (κ3) is 2.88. The Balaban J connectivity index is 2.10. The van der Waals surface area contributed by atoms with Crippen LogP contribution in [-0.2, 0) is 0 Å². The van der Waals surface area contributed by atoms with Crippen LogP contribution >= 0.6 is 34.5 Å². The second kappa shape index (κ2) is 5.04. The van der Waals surface area contributed by atoms with E-state index < -0.39 is 0 Å². The molecule has 0 saturated carbocycles. The largest absolute Gasteiger partial charge is 0.378 e. The molecule has 16 heavy (non-hydrogen) atoms. The zero-order valence-electron chi connectivity index (χ0n) is 8.58. The first-order chi connectivity index (χ1) is 7.65. The second-order valence-corrected chi connectivity index (χ2v) is 5.51. The standard InChI is InChI=1S/C11H10Cl2N2S/c1-7(9-2-3-11(13)16-9)15-8-4-5-14-10(12)6-8/h2-7H,1H3,(H,14,15). The molecule has 84 valence electrons. The Bertz CT molecular complexity index is 484. The number of halogens is 2. The molecule has 0 aliphatic heterocycles. The van der Waals surface area contributed by atoms with Crippen molar-refractivity contribution in [2.45, 2.75) is 13.0 Å². The Morgan fingerprint density at radius 1 is 1.31 bits per heavy atom. The van der Waals surface area contributed by atoms with Crippen LogP contribution in [0.1, 0.15) is 17.8 Å². The van der Waals surface area contributed by atoms with Gasteiger partial charge in [-0.25, -0.2) is 4.98 Å². The Labute approximate surface area is 108 Å². The van der Waals surface area contributed by atoms with E-state index in [1.165, 1.54) is 4.88 Å². The van der Waals surface area contributed by atoms with E-state index in [0.717, 1.165) is 10.0 Å². The molecule has 0 saturated heterocycles. The minimum Gasteiger partial charge on any atom is -0.378 e. The maximum absolute atomic E-state index is 5.89. The van der Waals surface area contributed by atoms with E-state index in [-0.39, 0.29) is 6.04 Å². The highest BCUT2D eigenvalue weighted by atomic mass is 35.5. The summed E-state index contributed by atoms with van der Waals surface area (Å²) in [4.78, 5) is 5.12. The first kappa shape index (κ1) is 11.7. The molecule has 0 radical (unpaired) electrons. The molecular formula is C11H10Cl2N2S. The van der Waals surface area contributed by atoms with E-state index in [1.54, 1.807) is 23.6 Å². The van der Waals surface area contributed by atoms with Gasteiger partial charge in [-0.1, -0.05) is 23.2 Å². The zero-order chi connectivity index (χ0) is 11.5. The number of pyridine rings is 1. The van der Waals surface area contributed by atoms with Gasteiger partial charge < -0.3 is 5.32 Å². The average molecular weight is 273 g/mol. The van der Waals surface area contributed by atoms with Gasteiger partial charge in [-0.15, -0.1) is 11.3 Å². The Kier molecular flexibility index (Phi) is 3.69. The van der Waals surface area contributed by atoms with E-state index in [2.05, 4.69) is 17.2 Å². The van der Waals surface area contributed by atoms with Crippen LogP contribution in [0.5, 0.6) is 0 Å². The van der Waals surface area contributed by atoms with E-state index in [1.807, 2.05) is 18.2 Å². The van der Waals surface area contributed by atoms with E-state index >= 15 is 0 Å². The summed E-state index contributed by atoms with van der Waals surface area (Å²) in [6, 6.07) is 7.81. The lowest BCUT2D eigenvalue weighted by Crippen LogP contribution is -2.04. The topological polar surface area (TPSA) is 24.9 Å². The zero-order valence-corrected chi connectivity index (χ0v) is 10.9. The second-order valence-electron chi connectivity index (χ2n) is 3.38. The minimum absolute atomic E-state index is 0.205. The Morgan fingerprint density at radius 2 is 2.12 bits per heavy atom. The Hall–Kier alpha value is -0.770. The number of aromatic nitrogens is 1. The number of thiophene rings is 1. The lowest BCUT2D eigenvalue weighted by atomic mass is 10.2. The van der Waals surface area contributed by atoms with Gasteiger partial charge >= 0.3 is 0 Å². The molecule has 0 aromatic carbocycles. The molecule has 1 N–H and O–H groups in total. The highest BCUT2D eigenvalue weighted by Crippen LogP contribution is 2.29. The molecule has 0 aliphatic carbocycles. The van der Waals surface area contributed by atoms with Crippen LogP contribution in [0, 0.1) is 0 Å². The summed E-state index contributed by atoms with van der Waals surface area (Å²) in [6.07, 6.45) is 1.68.